The maximum absolute atomic E-state index is 12.0. The van der Waals surface area contributed by atoms with Gasteiger partial charge in [-0.05, 0) is 49.2 Å². The van der Waals surface area contributed by atoms with Crippen LogP contribution in [-0.4, -0.2) is 36.8 Å². The highest BCUT2D eigenvalue weighted by molar-refractivity contribution is 5.96. The van der Waals surface area contributed by atoms with E-state index in [0.717, 1.165) is 11.1 Å². The predicted octanol–water partition coefficient (Wildman–Crippen LogP) is 2.17. The largest absolute Gasteiger partial charge is 0.452 e. The zero-order valence-corrected chi connectivity index (χ0v) is 16.5. The Balaban J connectivity index is 1.79. The second kappa shape index (κ2) is 10.0. The first-order valence-electron chi connectivity index (χ1n) is 8.94. The molecule has 3 N–H and O–H groups in total. The number of aryl methyl sites for hydroxylation is 1. The van der Waals surface area contributed by atoms with Crippen molar-refractivity contribution < 1.29 is 23.9 Å². The molecule has 3 amide bonds. The maximum Gasteiger partial charge on any atom is 0.338 e. The summed E-state index contributed by atoms with van der Waals surface area (Å²) in [6.45, 7) is 4.41. The molecule has 0 spiro atoms. The summed E-state index contributed by atoms with van der Waals surface area (Å²) in [5, 5.41) is 7.67. The van der Waals surface area contributed by atoms with E-state index in [1.165, 1.54) is 19.1 Å². The zero-order chi connectivity index (χ0) is 21.4. The van der Waals surface area contributed by atoms with Gasteiger partial charge in [0, 0.05) is 18.3 Å². The van der Waals surface area contributed by atoms with E-state index < -0.39 is 18.5 Å². The minimum Gasteiger partial charge on any atom is -0.452 e. The van der Waals surface area contributed by atoms with E-state index in [1.807, 2.05) is 26.0 Å². The highest BCUT2D eigenvalue weighted by Crippen LogP contribution is 2.17. The minimum atomic E-state index is -0.716. The van der Waals surface area contributed by atoms with Crippen LogP contribution in [0, 0.1) is 13.8 Å². The van der Waals surface area contributed by atoms with E-state index in [-0.39, 0.29) is 23.9 Å². The summed E-state index contributed by atoms with van der Waals surface area (Å²) in [4.78, 5) is 47.0. The second-order valence-electron chi connectivity index (χ2n) is 6.41. The Labute approximate surface area is 168 Å². The number of ether oxygens (including phenoxy) is 1. The molecule has 29 heavy (non-hydrogen) atoms. The molecule has 152 valence electrons. The third-order valence-corrected chi connectivity index (χ3v) is 4.08. The molecule has 0 saturated heterocycles. The summed E-state index contributed by atoms with van der Waals surface area (Å²) in [5.74, 6) is -1.98. The van der Waals surface area contributed by atoms with Crippen molar-refractivity contribution >= 4 is 35.1 Å². The van der Waals surface area contributed by atoms with E-state index in [0.29, 0.717) is 11.4 Å². The minimum absolute atomic E-state index is 0.191. The lowest BCUT2D eigenvalue weighted by atomic mass is 10.1. The summed E-state index contributed by atoms with van der Waals surface area (Å²) in [7, 11) is 0. The van der Waals surface area contributed by atoms with Crippen LogP contribution in [0.4, 0.5) is 11.4 Å². The maximum atomic E-state index is 12.0. The molecule has 0 aliphatic rings. The quantitative estimate of drug-likeness (QED) is 0.620. The number of nitrogens with one attached hydrogen (secondary N) is 3. The topological polar surface area (TPSA) is 114 Å². The van der Waals surface area contributed by atoms with Gasteiger partial charge in [0.1, 0.15) is 0 Å². The molecule has 2 aromatic rings. The van der Waals surface area contributed by atoms with Gasteiger partial charge in [0.15, 0.2) is 6.61 Å². The van der Waals surface area contributed by atoms with Crippen LogP contribution in [0.15, 0.2) is 42.5 Å². The average molecular weight is 397 g/mol. The highest BCUT2D eigenvalue weighted by Gasteiger charge is 2.12. The fraction of sp³-hybridized carbons (Fsp3) is 0.238. The first-order valence-corrected chi connectivity index (χ1v) is 8.94. The molecule has 8 heteroatoms. The van der Waals surface area contributed by atoms with Crippen LogP contribution in [0.1, 0.15) is 28.4 Å². The zero-order valence-electron chi connectivity index (χ0n) is 16.5. The van der Waals surface area contributed by atoms with Crippen LogP contribution in [0.2, 0.25) is 0 Å². The molecule has 0 aliphatic carbocycles. The van der Waals surface area contributed by atoms with E-state index in [1.54, 1.807) is 18.2 Å². The molecular formula is C21H23N3O5. The van der Waals surface area contributed by atoms with Crippen molar-refractivity contribution in [1.29, 1.82) is 0 Å². The van der Waals surface area contributed by atoms with Gasteiger partial charge in [-0.3, -0.25) is 14.4 Å². The molecule has 8 nitrogen and oxygen atoms in total. The van der Waals surface area contributed by atoms with Gasteiger partial charge in [-0.15, -0.1) is 0 Å². The van der Waals surface area contributed by atoms with Crippen molar-refractivity contribution in [1.82, 2.24) is 5.32 Å². The Morgan fingerprint density at radius 2 is 1.66 bits per heavy atom. The van der Waals surface area contributed by atoms with Gasteiger partial charge in [-0.2, -0.15) is 0 Å². The second-order valence-corrected chi connectivity index (χ2v) is 6.41. The summed E-state index contributed by atoms with van der Waals surface area (Å²) in [6.07, 6.45) is 0. The van der Waals surface area contributed by atoms with E-state index in [4.69, 9.17) is 4.74 Å². The first kappa shape index (κ1) is 21.6. The van der Waals surface area contributed by atoms with Crippen molar-refractivity contribution in [2.24, 2.45) is 0 Å². The van der Waals surface area contributed by atoms with Crippen LogP contribution in [-0.2, 0) is 19.1 Å². The Hall–Kier alpha value is -3.68. The smallest absolute Gasteiger partial charge is 0.338 e. The number of esters is 1. The Bertz CT molecular complexity index is 940. The van der Waals surface area contributed by atoms with Crippen LogP contribution in [0.5, 0.6) is 0 Å². The molecule has 0 aliphatic heterocycles. The summed E-state index contributed by atoms with van der Waals surface area (Å²) >= 11 is 0. The molecule has 2 aromatic carbocycles. The van der Waals surface area contributed by atoms with Gasteiger partial charge in [-0.1, -0.05) is 18.2 Å². The molecule has 2 rings (SSSR count). The normalized spacial score (nSPS) is 10.0. The number of benzene rings is 2. The van der Waals surface area contributed by atoms with E-state index >= 15 is 0 Å². The van der Waals surface area contributed by atoms with Crippen molar-refractivity contribution in [2.75, 3.05) is 23.8 Å². The molecular weight excluding hydrogens is 374 g/mol. The molecule has 0 bridgehead atoms. The third-order valence-electron chi connectivity index (χ3n) is 4.08. The highest BCUT2D eigenvalue weighted by atomic mass is 16.5. The lowest BCUT2D eigenvalue weighted by Crippen LogP contribution is -2.35. The van der Waals surface area contributed by atoms with Crippen LogP contribution in [0.3, 0.4) is 0 Å². The van der Waals surface area contributed by atoms with Crippen LogP contribution < -0.4 is 16.0 Å². The number of rotatable bonds is 7. The number of anilines is 2. The lowest BCUT2D eigenvalue weighted by Gasteiger charge is -2.11. The van der Waals surface area contributed by atoms with Gasteiger partial charge in [-0.25, -0.2) is 4.79 Å². The fourth-order valence-electron chi connectivity index (χ4n) is 2.45. The van der Waals surface area contributed by atoms with Gasteiger partial charge < -0.3 is 20.7 Å². The lowest BCUT2D eigenvalue weighted by molar-refractivity contribution is -0.126. The number of hydrogen-bond acceptors (Lipinski definition) is 5. The number of amides is 3. The Kier molecular flexibility index (Phi) is 7.47. The van der Waals surface area contributed by atoms with Gasteiger partial charge in [0.2, 0.25) is 11.8 Å². The van der Waals surface area contributed by atoms with Crippen molar-refractivity contribution in [3.05, 3.63) is 59.2 Å². The van der Waals surface area contributed by atoms with Crippen LogP contribution in [0.25, 0.3) is 0 Å². The molecule has 0 heterocycles. The number of carbonyl (C=O) groups excluding carboxylic acids is 4. The van der Waals surface area contributed by atoms with Gasteiger partial charge in [0.05, 0.1) is 12.1 Å². The summed E-state index contributed by atoms with van der Waals surface area (Å²) < 4.78 is 4.94. The average Bonchev–Trinajstić information content (AvgIpc) is 2.67. The molecule has 0 saturated carbocycles. The Morgan fingerprint density at radius 3 is 2.38 bits per heavy atom. The first-order chi connectivity index (χ1) is 13.8. The molecule has 0 unspecified atom stereocenters. The molecule has 0 aromatic heterocycles. The fourth-order valence-corrected chi connectivity index (χ4v) is 2.45. The molecule has 0 fully saturated rings. The predicted molar refractivity (Wildman–Crippen MR) is 109 cm³/mol. The summed E-state index contributed by atoms with van der Waals surface area (Å²) in [5.41, 5.74) is 3.30. The van der Waals surface area contributed by atoms with Gasteiger partial charge >= 0.3 is 5.97 Å². The van der Waals surface area contributed by atoms with Crippen molar-refractivity contribution in [2.45, 2.75) is 20.8 Å². The van der Waals surface area contributed by atoms with Gasteiger partial charge in [0.25, 0.3) is 5.91 Å². The molecule has 0 radical (unpaired) electrons. The Morgan fingerprint density at radius 1 is 0.931 bits per heavy atom. The summed E-state index contributed by atoms with van der Waals surface area (Å²) in [6, 6.07) is 11.7. The number of hydrogen-bond donors (Lipinski definition) is 3. The van der Waals surface area contributed by atoms with E-state index in [2.05, 4.69) is 16.0 Å². The monoisotopic (exact) mass is 397 g/mol. The van der Waals surface area contributed by atoms with Crippen LogP contribution >= 0.6 is 0 Å². The third kappa shape index (κ3) is 6.76. The number of carbonyl (C=O) groups is 4. The standard InChI is InChI=1S/C21H23N3O5/c1-13-6-4-9-18(14(13)2)24-19(26)11-22-20(27)12-29-21(28)16-7-5-8-17(10-16)23-15(3)25/h4-10H,11-12H2,1-3H3,(H,22,27)(H,23,25)(H,24,26). The molecule has 0 atom stereocenters. The van der Waals surface area contributed by atoms with Crippen molar-refractivity contribution in [3.8, 4) is 0 Å². The van der Waals surface area contributed by atoms with E-state index in [9.17, 15) is 19.2 Å². The SMILES string of the molecule is CC(=O)Nc1cccc(C(=O)OCC(=O)NCC(=O)Nc2cccc(C)c2C)c1. The van der Waals surface area contributed by atoms with Crippen molar-refractivity contribution in [3.63, 3.8) is 0 Å².